The van der Waals surface area contributed by atoms with Gasteiger partial charge in [0.2, 0.25) is 0 Å². The molecule has 1 atom stereocenters. The smallest absolute Gasteiger partial charge is 0.118 e. The van der Waals surface area contributed by atoms with Crippen LogP contribution >= 0.6 is 0 Å². The summed E-state index contributed by atoms with van der Waals surface area (Å²) in [7, 11) is 0. The number of benzene rings is 1. The predicted molar refractivity (Wildman–Crippen MR) is 60.8 cm³/mol. The lowest BCUT2D eigenvalue weighted by atomic mass is 10.2. The van der Waals surface area contributed by atoms with E-state index < -0.39 is 0 Å². The predicted octanol–water partition coefficient (Wildman–Crippen LogP) is 3.07. The molecule has 0 fully saturated rings. The number of hydrogen-bond donors (Lipinski definition) is 1. The minimum Gasteiger partial charge on any atom is -0.364 e. The van der Waals surface area contributed by atoms with Crippen LogP contribution in [0.4, 0.5) is 5.69 Å². The van der Waals surface area contributed by atoms with Gasteiger partial charge in [-0.2, -0.15) is 0 Å². The maximum Gasteiger partial charge on any atom is 0.118 e. The third-order valence-electron chi connectivity index (χ3n) is 2.45. The third-order valence-corrected chi connectivity index (χ3v) is 2.45. The molecule has 0 radical (unpaired) electrons. The van der Waals surface area contributed by atoms with Crippen molar-refractivity contribution < 1.29 is 0 Å². The standard InChI is InChI=1S/C12H16N2/c1-3-7-11(8-4-1)14-12-9-5-2-6-10-13-12/h1,3-4,7-8,10,12,14H,2,5-6,9H2. The average molecular weight is 188 g/mol. The Morgan fingerprint density at radius 3 is 2.86 bits per heavy atom. The van der Waals surface area contributed by atoms with E-state index in [-0.39, 0.29) is 6.17 Å². The zero-order valence-corrected chi connectivity index (χ0v) is 8.32. The second-order valence-electron chi connectivity index (χ2n) is 3.64. The lowest BCUT2D eigenvalue weighted by molar-refractivity contribution is 0.640. The molecule has 1 aromatic rings. The van der Waals surface area contributed by atoms with Crippen LogP contribution in [0, 0.1) is 0 Å². The summed E-state index contributed by atoms with van der Waals surface area (Å²) < 4.78 is 0. The van der Waals surface area contributed by atoms with Gasteiger partial charge in [0.25, 0.3) is 0 Å². The second-order valence-corrected chi connectivity index (χ2v) is 3.64. The molecule has 2 heteroatoms. The number of nitrogens with one attached hydrogen (secondary N) is 1. The minimum atomic E-state index is 0.278. The van der Waals surface area contributed by atoms with E-state index in [9.17, 15) is 0 Å². The normalized spacial score (nSPS) is 21.6. The highest BCUT2D eigenvalue weighted by molar-refractivity contribution is 5.58. The summed E-state index contributed by atoms with van der Waals surface area (Å²) >= 11 is 0. The molecule has 1 aromatic carbocycles. The van der Waals surface area contributed by atoms with Gasteiger partial charge in [0.1, 0.15) is 6.17 Å². The summed E-state index contributed by atoms with van der Waals surface area (Å²) in [6.45, 7) is 0. The van der Waals surface area contributed by atoms with Crippen LogP contribution in [0.3, 0.4) is 0 Å². The van der Waals surface area contributed by atoms with Crippen LogP contribution in [-0.2, 0) is 0 Å². The first-order valence-electron chi connectivity index (χ1n) is 5.28. The molecular formula is C12H16N2. The average Bonchev–Trinajstić information content (AvgIpc) is 2.48. The van der Waals surface area contributed by atoms with Crippen LogP contribution in [0.2, 0.25) is 0 Å². The molecule has 1 aliphatic heterocycles. The molecule has 2 nitrogen and oxygen atoms in total. The van der Waals surface area contributed by atoms with E-state index in [1.807, 2.05) is 24.4 Å². The van der Waals surface area contributed by atoms with Crippen LogP contribution < -0.4 is 5.32 Å². The molecule has 1 heterocycles. The molecule has 1 unspecified atom stereocenters. The van der Waals surface area contributed by atoms with Gasteiger partial charge in [0, 0.05) is 11.9 Å². The highest BCUT2D eigenvalue weighted by Crippen LogP contribution is 2.14. The Labute approximate surface area is 85.1 Å². The molecular weight excluding hydrogens is 172 g/mol. The van der Waals surface area contributed by atoms with E-state index >= 15 is 0 Å². The fourth-order valence-electron chi connectivity index (χ4n) is 1.69. The lowest BCUT2D eigenvalue weighted by Crippen LogP contribution is -2.15. The fraction of sp³-hybridized carbons (Fsp3) is 0.417. The van der Waals surface area contributed by atoms with Gasteiger partial charge in [-0.05, 0) is 37.8 Å². The topological polar surface area (TPSA) is 24.4 Å². The number of nitrogens with zero attached hydrogens (tertiary/aromatic N) is 1. The summed E-state index contributed by atoms with van der Waals surface area (Å²) in [4.78, 5) is 4.48. The summed E-state index contributed by atoms with van der Waals surface area (Å²) in [5, 5.41) is 3.42. The van der Waals surface area contributed by atoms with E-state index in [0.717, 1.165) is 18.5 Å². The van der Waals surface area contributed by atoms with E-state index in [4.69, 9.17) is 0 Å². The number of para-hydroxylation sites is 1. The van der Waals surface area contributed by atoms with E-state index in [2.05, 4.69) is 22.4 Å². The first-order chi connectivity index (χ1) is 6.95. The monoisotopic (exact) mass is 188 g/mol. The zero-order chi connectivity index (χ0) is 9.64. The van der Waals surface area contributed by atoms with Crippen LogP contribution in [0.1, 0.15) is 25.7 Å². The van der Waals surface area contributed by atoms with Gasteiger partial charge >= 0.3 is 0 Å². The van der Waals surface area contributed by atoms with Crippen LogP contribution in [0.5, 0.6) is 0 Å². The second kappa shape index (κ2) is 4.80. The number of anilines is 1. The Hall–Kier alpha value is -1.31. The van der Waals surface area contributed by atoms with Crippen molar-refractivity contribution in [3.8, 4) is 0 Å². The van der Waals surface area contributed by atoms with Crippen molar-refractivity contribution in [2.24, 2.45) is 4.99 Å². The summed E-state index contributed by atoms with van der Waals surface area (Å²) in [6, 6.07) is 10.3. The Bertz CT molecular complexity index is 292. The zero-order valence-electron chi connectivity index (χ0n) is 8.32. The van der Waals surface area contributed by atoms with Crippen molar-refractivity contribution in [1.29, 1.82) is 0 Å². The molecule has 0 saturated heterocycles. The van der Waals surface area contributed by atoms with Gasteiger partial charge in [0.05, 0.1) is 0 Å². The molecule has 2 rings (SSSR count). The Balaban J connectivity index is 1.96. The van der Waals surface area contributed by atoms with Gasteiger partial charge in [0.15, 0.2) is 0 Å². The largest absolute Gasteiger partial charge is 0.364 e. The molecule has 1 aliphatic rings. The lowest BCUT2D eigenvalue weighted by Gasteiger charge is -2.13. The SMILES string of the molecule is C1=NC(Nc2ccccc2)CCCC1. The summed E-state index contributed by atoms with van der Waals surface area (Å²) in [5.41, 5.74) is 1.16. The van der Waals surface area contributed by atoms with Gasteiger partial charge < -0.3 is 5.32 Å². The minimum absolute atomic E-state index is 0.278. The van der Waals surface area contributed by atoms with Crippen LogP contribution in [-0.4, -0.2) is 12.4 Å². The molecule has 0 saturated carbocycles. The maximum atomic E-state index is 4.48. The Morgan fingerprint density at radius 2 is 2.00 bits per heavy atom. The number of aliphatic imine (C=N–C) groups is 1. The van der Waals surface area contributed by atoms with Crippen molar-refractivity contribution in [1.82, 2.24) is 0 Å². The van der Waals surface area contributed by atoms with Crippen molar-refractivity contribution in [2.75, 3.05) is 5.32 Å². The maximum absolute atomic E-state index is 4.48. The van der Waals surface area contributed by atoms with E-state index in [0.29, 0.717) is 0 Å². The van der Waals surface area contributed by atoms with Crippen molar-refractivity contribution >= 4 is 11.9 Å². The van der Waals surface area contributed by atoms with Crippen LogP contribution in [0.25, 0.3) is 0 Å². The Morgan fingerprint density at radius 1 is 1.14 bits per heavy atom. The third kappa shape index (κ3) is 2.59. The van der Waals surface area contributed by atoms with Gasteiger partial charge in [-0.25, -0.2) is 0 Å². The van der Waals surface area contributed by atoms with E-state index in [1.165, 1.54) is 12.8 Å². The molecule has 0 spiro atoms. The molecule has 0 bridgehead atoms. The van der Waals surface area contributed by atoms with Crippen molar-refractivity contribution in [3.05, 3.63) is 30.3 Å². The molecule has 1 N–H and O–H groups in total. The number of hydrogen-bond acceptors (Lipinski definition) is 2. The van der Waals surface area contributed by atoms with Crippen molar-refractivity contribution in [3.63, 3.8) is 0 Å². The van der Waals surface area contributed by atoms with E-state index in [1.54, 1.807) is 0 Å². The quantitative estimate of drug-likeness (QED) is 0.757. The Kier molecular flexibility index (Phi) is 3.17. The summed E-state index contributed by atoms with van der Waals surface area (Å²) in [5.74, 6) is 0. The first-order valence-corrected chi connectivity index (χ1v) is 5.28. The fourth-order valence-corrected chi connectivity index (χ4v) is 1.69. The highest BCUT2D eigenvalue weighted by Gasteiger charge is 2.07. The number of rotatable bonds is 2. The van der Waals surface area contributed by atoms with Crippen LogP contribution in [0.15, 0.2) is 35.3 Å². The molecule has 0 aromatic heterocycles. The van der Waals surface area contributed by atoms with Gasteiger partial charge in [-0.3, -0.25) is 4.99 Å². The molecule has 14 heavy (non-hydrogen) atoms. The molecule has 0 amide bonds. The summed E-state index contributed by atoms with van der Waals surface area (Å²) in [6.07, 6.45) is 7.15. The van der Waals surface area contributed by atoms with Gasteiger partial charge in [-0.15, -0.1) is 0 Å². The highest BCUT2D eigenvalue weighted by atomic mass is 15.1. The molecule has 74 valence electrons. The van der Waals surface area contributed by atoms with Crippen molar-refractivity contribution in [2.45, 2.75) is 31.8 Å². The van der Waals surface area contributed by atoms with Gasteiger partial charge in [-0.1, -0.05) is 18.2 Å². The molecule has 0 aliphatic carbocycles. The first kappa shape index (κ1) is 9.25.